The minimum absolute atomic E-state index is 0.0545. The Morgan fingerprint density at radius 2 is 1.15 bits per heavy atom. The van der Waals surface area contributed by atoms with Crippen molar-refractivity contribution in [1.29, 1.82) is 0 Å². The topological polar surface area (TPSA) is 93.1 Å². The summed E-state index contributed by atoms with van der Waals surface area (Å²) in [5.74, 6) is -2.51. The van der Waals surface area contributed by atoms with Gasteiger partial charge in [-0.2, -0.15) is 0 Å². The monoisotopic (exact) mass is 282 g/mol. The molecule has 6 heteroatoms. The van der Waals surface area contributed by atoms with Gasteiger partial charge in [0.15, 0.2) is 11.5 Å². The third-order valence-electron chi connectivity index (χ3n) is 2.28. The second-order valence-electron chi connectivity index (χ2n) is 4.76. The fourth-order valence-corrected chi connectivity index (χ4v) is 1.60. The molecule has 20 heavy (non-hydrogen) atoms. The van der Waals surface area contributed by atoms with Gasteiger partial charge in [-0.25, -0.2) is 9.59 Å². The van der Waals surface area contributed by atoms with Gasteiger partial charge in [0, 0.05) is 0 Å². The number of rotatable bonds is 6. The number of hydrogen-bond acceptors (Lipinski definition) is 4. The average molecular weight is 282 g/mol. The maximum Gasteiger partial charge on any atom is 0.339 e. The van der Waals surface area contributed by atoms with Gasteiger partial charge in [-0.15, -0.1) is 0 Å². The molecule has 0 aliphatic carbocycles. The molecule has 0 radical (unpaired) electrons. The Bertz CT molecular complexity index is 472. The van der Waals surface area contributed by atoms with Crippen LogP contribution in [0.2, 0.25) is 0 Å². The predicted octanol–water partition coefficient (Wildman–Crippen LogP) is 2.66. The Kier molecular flexibility index (Phi) is 4.96. The standard InChI is InChI=1S/C14H18O6/c1-7(2)19-11-9(13(15)16)5-6-10(14(17)18)12(11)20-8(3)4/h5-8H,1-4H3,(H,15,16)(H,17,18). The molecule has 0 fully saturated rings. The van der Waals surface area contributed by atoms with Crippen LogP contribution >= 0.6 is 0 Å². The number of carbonyl (C=O) groups is 2. The summed E-state index contributed by atoms with van der Waals surface area (Å²) in [6.45, 7) is 6.88. The molecule has 6 nitrogen and oxygen atoms in total. The molecule has 0 spiro atoms. The summed E-state index contributed by atoms with van der Waals surface area (Å²) in [5, 5.41) is 18.4. The Hall–Kier alpha value is -2.24. The van der Waals surface area contributed by atoms with Crippen molar-refractivity contribution in [3.8, 4) is 11.5 Å². The van der Waals surface area contributed by atoms with Crippen LogP contribution in [0, 0.1) is 0 Å². The number of carboxylic acid groups (broad SMARTS) is 2. The Morgan fingerprint density at radius 1 is 0.850 bits per heavy atom. The second-order valence-corrected chi connectivity index (χ2v) is 4.76. The van der Waals surface area contributed by atoms with Crippen molar-refractivity contribution < 1.29 is 29.3 Å². The summed E-state index contributed by atoms with van der Waals surface area (Å²) >= 11 is 0. The smallest absolute Gasteiger partial charge is 0.339 e. The van der Waals surface area contributed by atoms with Crippen molar-refractivity contribution in [3.05, 3.63) is 23.3 Å². The zero-order valence-corrected chi connectivity index (χ0v) is 11.8. The maximum atomic E-state index is 11.2. The second kappa shape index (κ2) is 6.27. The highest BCUT2D eigenvalue weighted by Crippen LogP contribution is 2.37. The highest BCUT2D eigenvalue weighted by Gasteiger charge is 2.25. The van der Waals surface area contributed by atoms with Crippen LogP contribution < -0.4 is 9.47 Å². The van der Waals surface area contributed by atoms with Gasteiger partial charge in [0.05, 0.1) is 12.2 Å². The molecule has 0 heterocycles. The first-order valence-electron chi connectivity index (χ1n) is 6.21. The SMILES string of the molecule is CC(C)Oc1c(C(=O)O)ccc(C(=O)O)c1OC(C)C. The van der Waals surface area contributed by atoms with Gasteiger partial charge in [0.2, 0.25) is 0 Å². The molecule has 2 N–H and O–H groups in total. The molecular formula is C14H18O6. The van der Waals surface area contributed by atoms with E-state index < -0.39 is 11.9 Å². The van der Waals surface area contributed by atoms with E-state index in [1.165, 1.54) is 12.1 Å². The predicted molar refractivity (Wildman–Crippen MR) is 71.9 cm³/mol. The van der Waals surface area contributed by atoms with Crippen molar-refractivity contribution in [1.82, 2.24) is 0 Å². The van der Waals surface area contributed by atoms with E-state index in [-0.39, 0.29) is 34.8 Å². The summed E-state index contributed by atoms with van der Waals surface area (Å²) in [6, 6.07) is 2.41. The van der Waals surface area contributed by atoms with Gasteiger partial charge in [-0.3, -0.25) is 0 Å². The van der Waals surface area contributed by atoms with Gasteiger partial charge in [0.1, 0.15) is 11.1 Å². The largest absolute Gasteiger partial charge is 0.486 e. The zero-order valence-electron chi connectivity index (χ0n) is 11.8. The van der Waals surface area contributed by atoms with Gasteiger partial charge in [-0.1, -0.05) is 0 Å². The number of benzene rings is 1. The summed E-state index contributed by atoms with van der Waals surface area (Å²) in [7, 11) is 0. The number of ether oxygens (including phenoxy) is 2. The Labute approximate surface area is 116 Å². The first kappa shape index (κ1) is 15.8. The van der Waals surface area contributed by atoms with Crippen LogP contribution in [0.5, 0.6) is 11.5 Å². The van der Waals surface area contributed by atoms with E-state index in [1.807, 2.05) is 0 Å². The van der Waals surface area contributed by atoms with Crippen LogP contribution in [-0.4, -0.2) is 34.4 Å². The summed E-state index contributed by atoms with van der Waals surface area (Å²) in [4.78, 5) is 22.5. The van der Waals surface area contributed by atoms with Crippen LogP contribution in [0.15, 0.2) is 12.1 Å². The molecule has 110 valence electrons. The van der Waals surface area contributed by atoms with E-state index in [0.717, 1.165) is 0 Å². The minimum Gasteiger partial charge on any atom is -0.486 e. The molecule has 0 aromatic heterocycles. The molecule has 0 amide bonds. The Balaban J connectivity index is 3.53. The lowest BCUT2D eigenvalue weighted by atomic mass is 10.1. The maximum absolute atomic E-state index is 11.2. The first-order chi connectivity index (χ1) is 9.23. The average Bonchev–Trinajstić information content (AvgIpc) is 2.28. The fraction of sp³-hybridized carbons (Fsp3) is 0.429. The van der Waals surface area contributed by atoms with Crippen LogP contribution in [-0.2, 0) is 0 Å². The lowest BCUT2D eigenvalue weighted by Gasteiger charge is -2.20. The summed E-state index contributed by atoms with van der Waals surface area (Å²) in [5.41, 5.74) is -0.251. The van der Waals surface area contributed by atoms with Crippen molar-refractivity contribution >= 4 is 11.9 Å². The highest BCUT2D eigenvalue weighted by atomic mass is 16.5. The van der Waals surface area contributed by atoms with Gasteiger partial charge >= 0.3 is 11.9 Å². The molecule has 0 unspecified atom stereocenters. The van der Waals surface area contributed by atoms with Crippen molar-refractivity contribution in [2.45, 2.75) is 39.9 Å². The van der Waals surface area contributed by atoms with Crippen LogP contribution in [0.1, 0.15) is 48.4 Å². The first-order valence-corrected chi connectivity index (χ1v) is 6.21. The molecule has 1 rings (SSSR count). The van der Waals surface area contributed by atoms with E-state index in [0.29, 0.717) is 0 Å². The van der Waals surface area contributed by atoms with Crippen molar-refractivity contribution in [3.63, 3.8) is 0 Å². The van der Waals surface area contributed by atoms with E-state index in [2.05, 4.69) is 0 Å². The number of carboxylic acids is 2. The third-order valence-corrected chi connectivity index (χ3v) is 2.28. The Morgan fingerprint density at radius 3 is 1.35 bits per heavy atom. The van der Waals surface area contributed by atoms with Crippen molar-refractivity contribution in [2.75, 3.05) is 0 Å². The van der Waals surface area contributed by atoms with E-state index in [9.17, 15) is 19.8 Å². The lowest BCUT2D eigenvalue weighted by molar-refractivity contribution is 0.0666. The molecule has 0 saturated carbocycles. The van der Waals surface area contributed by atoms with Gasteiger partial charge < -0.3 is 19.7 Å². The van der Waals surface area contributed by atoms with Crippen LogP contribution in [0.25, 0.3) is 0 Å². The molecule has 1 aromatic rings. The minimum atomic E-state index is -1.20. The van der Waals surface area contributed by atoms with Crippen molar-refractivity contribution in [2.24, 2.45) is 0 Å². The molecule has 0 bridgehead atoms. The molecule has 0 atom stereocenters. The summed E-state index contributed by atoms with van der Waals surface area (Å²) in [6.07, 6.45) is -0.627. The molecular weight excluding hydrogens is 264 g/mol. The van der Waals surface area contributed by atoms with E-state index in [1.54, 1.807) is 27.7 Å². The highest BCUT2D eigenvalue weighted by molar-refractivity contribution is 5.98. The van der Waals surface area contributed by atoms with E-state index >= 15 is 0 Å². The van der Waals surface area contributed by atoms with Gasteiger partial charge in [-0.05, 0) is 39.8 Å². The lowest BCUT2D eigenvalue weighted by Crippen LogP contribution is -2.16. The summed E-state index contributed by atoms with van der Waals surface area (Å²) < 4.78 is 10.9. The normalized spacial score (nSPS) is 10.7. The van der Waals surface area contributed by atoms with E-state index in [4.69, 9.17) is 9.47 Å². The third kappa shape index (κ3) is 3.63. The van der Waals surface area contributed by atoms with Gasteiger partial charge in [0.25, 0.3) is 0 Å². The molecule has 0 saturated heterocycles. The quantitative estimate of drug-likeness (QED) is 0.833. The molecule has 0 aliphatic heterocycles. The zero-order chi connectivity index (χ0) is 15.4. The number of hydrogen-bond donors (Lipinski definition) is 2. The number of aromatic carboxylic acids is 2. The molecule has 0 aliphatic rings. The van der Waals surface area contributed by atoms with Crippen LogP contribution in [0.3, 0.4) is 0 Å². The fourth-order valence-electron chi connectivity index (χ4n) is 1.60. The molecule has 1 aromatic carbocycles. The van der Waals surface area contributed by atoms with Crippen LogP contribution in [0.4, 0.5) is 0 Å².